The minimum Gasteiger partial charge on any atom is -0.491 e. The summed E-state index contributed by atoms with van der Waals surface area (Å²) in [7, 11) is 1.72. The van der Waals surface area contributed by atoms with Crippen molar-refractivity contribution in [3.63, 3.8) is 0 Å². The molecule has 0 aromatic heterocycles. The molecule has 2 heteroatoms. The molecule has 0 amide bonds. The van der Waals surface area contributed by atoms with Gasteiger partial charge < -0.3 is 9.47 Å². The van der Waals surface area contributed by atoms with Crippen molar-refractivity contribution in [2.45, 2.75) is 45.6 Å². The minimum absolute atomic E-state index is 0.199. The van der Waals surface area contributed by atoms with Crippen molar-refractivity contribution in [2.75, 3.05) is 13.7 Å². The monoisotopic (exact) mass is 236 g/mol. The molecule has 0 heterocycles. The van der Waals surface area contributed by atoms with Crippen LogP contribution in [0.25, 0.3) is 0 Å². The topological polar surface area (TPSA) is 18.5 Å². The van der Waals surface area contributed by atoms with E-state index in [0.717, 1.165) is 18.8 Å². The zero-order chi connectivity index (χ0) is 12.7. The summed E-state index contributed by atoms with van der Waals surface area (Å²) in [6.45, 7) is 7.27. The molecule has 1 rings (SSSR count). The molecule has 1 aromatic carbocycles. The van der Waals surface area contributed by atoms with Crippen molar-refractivity contribution in [2.24, 2.45) is 0 Å². The van der Waals surface area contributed by atoms with Crippen LogP contribution in [0.3, 0.4) is 0 Å². The van der Waals surface area contributed by atoms with E-state index in [1.165, 1.54) is 12.0 Å². The van der Waals surface area contributed by atoms with Gasteiger partial charge in [0.15, 0.2) is 0 Å². The molecule has 0 fully saturated rings. The Morgan fingerprint density at radius 2 is 1.76 bits per heavy atom. The van der Waals surface area contributed by atoms with Crippen LogP contribution in [0.4, 0.5) is 0 Å². The van der Waals surface area contributed by atoms with E-state index < -0.39 is 0 Å². The number of ether oxygens (including phenoxy) is 2. The predicted molar refractivity (Wildman–Crippen MR) is 71.7 cm³/mol. The zero-order valence-corrected chi connectivity index (χ0v) is 11.4. The molecule has 96 valence electrons. The Balaban J connectivity index is 2.50. The van der Waals surface area contributed by atoms with Crippen LogP contribution in [0, 0.1) is 0 Å². The van der Waals surface area contributed by atoms with E-state index >= 15 is 0 Å². The molecule has 0 aliphatic carbocycles. The molecule has 1 aromatic rings. The van der Waals surface area contributed by atoms with E-state index in [0.29, 0.717) is 5.92 Å². The van der Waals surface area contributed by atoms with Crippen LogP contribution in [0.1, 0.15) is 45.1 Å². The molecule has 2 unspecified atom stereocenters. The summed E-state index contributed by atoms with van der Waals surface area (Å²) in [4.78, 5) is 0. The summed E-state index contributed by atoms with van der Waals surface area (Å²) in [5.74, 6) is 1.57. The van der Waals surface area contributed by atoms with Crippen LogP contribution < -0.4 is 4.74 Å². The third-order valence-electron chi connectivity index (χ3n) is 3.13. The molecule has 0 radical (unpaired) electrons. The van der Waals surface area contributed by atoms with Crippen LogP contribution in [0.5, 0.6) is 5.75 Å². The molecule has 0 saturated carbocycles. The summed E-state index contributed by atoms with van der Waals surface area (Å²) in [5, 5.41) is 0. The fourth-order valence-corrected chi connectivity index (χ4v) is 1.69. The normalized spacial score (nSPS) is 14.4. The molecule has 2 nitrogen and oxygen atoms in total. The maximum absolute atomic E-state index is 5.80. The van der Waals surface area contributed by atoms with Crippen molar-refractivity contribution in [3.8, 4) is 5.75 Å². The Hall–Kier alpha value is -1.02. The van der Waals surface area contributed by atoms with Crippen molar-refractivity contribution >= 4 is 0 Å². The molecular weight excluding hydrogens is 212 g/mol. The first-order valence-electron chi connectivity index (χ1n) is 6.43. The summed E-state index contributed by atoms with van der Waals surface area (Å²) in [5.41, 5.74) is 1.38. The van der Waals surface area contributed by atoms with Gasteiger partial charge in [-0.05, 0) is 37.0 Å². The highest BCUT2D eigenvalue weighted by molar-refractivity contribution is 5.29. The smallest absolute Gasteiger partial charge is 0.119 e. The van der Waals surface area contributed by atoms with E-state index in [9.17, 15) is 0 Å². The number of methoxy groups -OCH3 is 1. The number of hydrogen-bond donors (Lipinski definition) is 0. The fraction of sp³-hybridized carbons (Fsp3) is 0.600. The Bertz CT molecular complexity index is 305. The van der Waals surface area contributed by atoms with E-state index in [2.05, 4.69) is 45.0 Å². The summed E-state index contributed by atoms with van der Waals surface area (Å²) >= 11 is 0. The maximum atomic E-state index is 5.80. The standard InChI is InChI=1S/C15H24O2/c1-5-12(2)14-6-8-15(9-7-14)17-13(3)10-11-16-4/h6-9,12-13H,5,10-11H2,1-4H3. The lowest BCUT2D eigenvalue weighted by molar-refractivity contribution is 0.135. The minimum atomic E-state index is 0.199. The third-order valence-corrected chi connectivity index (χ3v) is 3.13. The largest absolute Gasteiger partial charge is 0.491 e. The van der Waals surface area contributed by atoms with E-state index in [1.807, 2.05) is 0 Å². The molecule has 0 aliphatic heterocycles. The van der Waals surface area contributed by atoms with Gasteiger partial charge in [-0.25, -0.2) is 0 Å². The highest BCUT2D eigenvalue weighted by atomic mass is 16.5. The van der Waals surface area contributed by atoms with Crippen LogP contribution >= 0.6 is 0 Å². The van der Waals surface area contributed by atoms with Crippen LogP contribution in [-0.2, 0) is 4.74 Å². The third kappa shape index (κ3) is 4.78. The van der Waals surface area contributed by atoms with Gasteiger partial charge in [0.05, 0.1) is 6.10 Å². The lowest BCUT2D eigenvalue weighted by Crippen LogP contribution is -2.14. The summed E-state index contributed by atoms with van der Waals surface area (Å²) in [6.07, 6.45) is 2.29. The molecule has 2 atom stereocenters. The molecule has 0 aliphatic rings. The molecule has 0 spiro atoms. The first-order chi connectivity index (χ1) is 8.17. The van der Waals surface area contributed by atoms with E-state index in [1.54, 1.807) is 7.11 Å². The van der Waals surface area contributed by atoms with Crippen molar-refractivity contribution < 1.29 is 9.47 Å². The van der Waals surface area contributed by atoms with Crippen LogP contribution in [-0.4, -0.2) is 19.8 Å². The Morgan fingerprint density at radius 1 is 1.12 bits per heavy atom. The lowest BCUT2D eigenvalue weighted by Gasteiger charge is -2.15. The highest BCUT2D eigenvalue weighted by Gasteiger charge is 2.05. The van der Waals surface area contributed by atoms with Crippen LogP contribution in [0.2, 0.25) is 0 Å². The first kappa shape index (κ1) is 14.0. The van der Waals surface area contributed by atoms with Gasteiger partial charge in [0.2, 0.25) is 0 Å². The van der Waals surface area contributed by atoms with E-state index in [4.69, 9.17) is 9.47 Å². The Kier molecular flexibility index (Phi) is 6.06. The molecule has 17 heavy (non-hydrogen) atoms. The van der Waals surface area contributed by atoms with E-state index in [-0.39, 0.29) is 6.10 Å². The van der Waals surface area contributed by atoms with Gasteiger partial charge in [0.25, 0.3) is 0 Å². The average molecular weight is 236 g/mol. The molecule has 0 bridgehead atoms. The lowest BCUT2D eigenvalue weighted by atomic mass is 9.99. The van der Waals surface area contributed by atoms with Crippen molar-refractivity contribution in [3.05, 3.63) is 29.8 Å². The first-order valence-corrected chi connectivity index (χ1v) is 6.43. The predicted octanol–water partition coefficient (Wildman–Crippen LogP) is 4.00. The Morgan fingerprint density at radius 3 is 2.29 bits per heavy atom. The molecule has 0 saturated heterocycles. The molecular formula is C15H24O2. The highest BCUT2D eigenvalue weighted by Crippen LogP contribution is 2.22. The van der Waals surface area contributed by atoms with Crippen LogP contribution in [0.15, 0.2) is 24.3 Å². The van der Waals surface area contributed by atoms with Gasteiger partial charge in [0.1, 0.15) is 5.75 Å². The second-order valence-corrected chi connectivity index (χ2v) is 4.59. The van der Waals surface area contributed by atoms with Gasteiger partial charge >= 0.3 is 0 Å². The van der Waals surface area contributed by atoms with Gasteiger partial charge in [-0.1, -0.05) is 26.0 Å². The summed E-state index contributed by atoms with van der Waals surface area (Å²) in [6, 6.07) is 8.44. The quantitative estimate of drug-likeness (QED) is 0.712. The number of rotatable bonds is 7. The zero-order valence-electron chi connectivity index (χ0n) is 11.4. The van der Waals surface area contributed by atoms with Crippen molar-refractivity contribution in [1.82, 2.24) is 0 Å². The number of hydrogen-bond acceptors (Lipinski definition) is 2. The average Bonchev–Trinajstić information content (AvgIpc) is 2.36. The van der Waals surface area contributed by atoms with Gasteiger partial charge in [-0.2, -0.15) is 0 Å². The number of benzene rings is 1. The maximum Gasteiger partial charge on any atom is 0.119 e. The second-order valence-electron chi connectivity index (χ2n) is 4.59. The van der Waals surface area contributed by atoms with Crippen molar-refractivity contribution in [1.29, 1.82) is 0 Å². The summed E-state index contributed by atoms with van der Waals surface area (Å²) < 4.78 is 10.8. The second kappa shape index (κ2) is 7.33. The SMILES string of the molecule is CCC(C)c1ccc(OC(C)CCOC)cc1. The fourth-order valence-electron chi connectivity index (χ4n) is 1.69. The molecule has 0 N–H and O–H groups in total. The Labute approximate surface area is 105 Å². The van der Waals surface area contributed by atoms with Gasteiger partial charge in [0, 0.05) is 20.1 Å². The van der Waals surface area contributed by atoms with Gasteiger partial charge in [-0.15, -0.1) is 0 Å². The van der Waals surface area contributed by atoms with Gasteiger partial charge in [-0.3, -0.25) is 0 Å².